The molecule has 18 heavy (non-hydrogen) atoms. The highest BCUT2D eigenvalue weighted by Gasteiger charge is 2.05. The van der Waals surface area contributed by atoms with Crippen LogP contribution in [0.2, 0.25) is 0 Å². The number of oxime groups is 1. The van der Waals surface area contributed by atoms with Crippen molar-refractivity contribution in [1.82, 2.24) is 14.5 Å². The van der Waals surface area contributed by atoms with E-state index >= 15 is 0 Å². The summed E-state index contributed by atoms with van der Waals surface area (Å²) in [6, 6.07) is 3.69. The van der Waals surface area contributed by atoms with E-state index in [4.69, 9.17) is 10.9 Å². The lowest BCUT2D eigenvalue weighted by Crippen LogP contribution is -2.15. The molecule has 0 aliphatic carbocycles. The maximum Gasteiger partial charge on any atom is 0.188 e. The minimum absolute atomic E-state index is 0.00961. The number of hydrogen-bond donors (Lipinski definition) is 2. The molecule has 0 saturated heterocycles. The summed E-state index contributed by atoms with van der Waals surface area (Å²) in [6.45, 7) is 4.68. The zero-order valence-corrected chi connectivity index (χ0v) is 10.3. The zero-order valence-electron chi connectivity index (χ0n) is 10.3. The van der Waals surface area contributed by atoms with Crippen LogP contribution in [0.15, 0.2) is 29.8 Å². The molecule has 2 aromatic rings. The van der Waals surface area contributed by atoms with Crippen LogP contribution >= 0.6 is 0 Å². The third-order valence-electron chi connectivity index (χ3n) is 2.89. The first-order valence-corrected chi connectivity index (χ1v) is 5.53. The molecule has 6 heteroatoms. The fraction of sp³-hybridized carbons (Fsp3) is 0.250. The summed E-state index contributed by atoms with van der Waals surface area (Å²) in [5.74, 6) is 0.00961. The Kier molecular flexibility index (Phi) is 3.27. The molecular weight excluding hydrogens is 230 g/mol. The van der Waals surface area contributed by atoms with Gasteiger partial charge in [0, 0.05) is 18.4 Å². The molecule has 94 valence electrons. The maximum atomic E-state index is 8.62. The highest BCUT2D eigenvalue weighted by atomic mass is 16.4. The number of amidine groups is 1. The minimum atomic E-state index is 0.00961. The Morgan fingerprint density at radius 2 is 2.22 bits per heavy atom. The molecule has 0 saturated carbocycles. The Hall–Kier alpha value is -2.37. The van der Waals surface area contributed by atoms with Gasteiger partial charge < -0.3 is 15.5 Å². The van der Waals surface area contributed by atoms with E-state index in [-0.39, 0.29) is 5.84 Å². The molecule has 3 N–H and O–H groups in total. The van der Waals surface area contributed by atoms with Crippen LogP contribution in [0.25, 0.3) is 0 Å². The fourth-order valence-electron chi connectivity index (χ4n) is 1.66. The minimum Gasteiger partial charge on any atom is -0.409 e. The molecular formula is C12H15N5O. The van der Waals surface area contributed by atoms with Crippen LogP contribution in [0.3, 0.4) is 0 Å². The van der Waals surface area contributed by atoms with Crippen LogP contribution in [-0.2, 0) is 6.54 Å². The number of hydrogen-bond acceptors (Lipinski definition) is 4. The van der Waals surface area contributed by atoms with E-state index in [1.807, 2.05) is 24.5 Å². The second-order valence-corrected chi connectivity index (χ2v) is 4.08. The molecule has 2 heterocycles. The quantitative estimate of drug-likeness (QED) is 0.366. The van der Waals surface area contributed by atoms with Crippen LogP contribution in [0.4, 0.5) is 0 Å². The summed E-state index contributed by atoms with van der Waals surface area (Å²) < 4.78 is 2.04. The molecule has 0 atom stereocenters. The van der Waals surface area contributed by atoms with Crippen LogP contribution in [-0.4, -0.2) is 25.6 Å². The molecule has 0 aliphatic heterocycles. The third kappa shape index (κ3) is 2.32. The Balaban J connectivity index is 2.27. The Morgan fingerprint density at radius 3 is 2.83 bits per heavy atom. The fourth-order valence-corrected chi connectivity index (χ4v) is 1.66. The third-order valence-corrected chi connectivity index (χ3v) is 2.89. The standard InChI is InChI=1S/C12H15N5O/c1-8-9(2)17(7-15-8)6-10-3-4-14-11(5-10)12(13)16-18/h3-5,7,18H,6H2,1-2H3,(H2,13,16). The van der Waals surface area contributed by atoms with Crippen molar-refractivity contribution in [2.75, 3.05) is 0 Å². The summed E-state index contributed by atoms with van der Waals surface area (Å²) in [7, 11) is 0. The van der Waals surface area contributed by atoms with Gasteiger partial charge in [0.25, 0.3) is 0 Å². The van der Waals surface area contributed by atoms with Crippen molar-refractivity contribution in [2.24, 2.45) is 10.9 Å². The van der Waals surface area contributed by atoms with Crippen molar-refractivity contribution in [1.29, 1.82) is 0 Å². The van der Waals surface area contributed by atoms with Crippen molar-refractivity contribution < 1.29 is 5.21 Å². The number of rotatable bonds is 3. The molecule has 0 amide bonds. The van der Waals surface area contributed by atoms with Crippen molar-refractivity contribution in [2.45, 2.75) is 20.4 Å². The number of pyridine rings is 1. The van der Waals surface area contributed by atoms with E-state index in [2.05, 4.69) is 15.1 Å². The Bertz CT molecular complexity index is 588. The lowest BCUT2D eigenvalue weighted by atomic mass is 10.2. The van der Waals surface area contributed by atoms with Crippen LogP contribution in [0, 0.1) is 13.8 Å². The first-order valence-electron chi connectivity index (χ1n) is 5.53. The van der Waals surface area contributed by atoms with Crippen molar-refractivity contribution in [3.05, 3.63) is 47.3 Å². The van der Waals surface area contributed by atoms with Crippen LogP contribution in [0.5, 0.6) is 0 Å². The predicted molar refractivity (Wildman–Crippen MR) is 67.6 cm³/mol. The first-order chi connectivity index (χ1) is 8.61. The summed E-state index contributed by atoms with van der Waals surface area (Å²) in [5.41, 5.74) is 9.13. The van der Waals surface area contributed by atoms with E-state index in [1.165, 1.54) is 0 Å². The molecule has 0 radical (unpaired) electrons. The monoisotopic (exact) mass is 245 g/mol. The number of aryl methyl sites for hydroxylation is 1. The molecule has 6 nitrogen and oxygen atoms in total. The smallest absolute Gasteiger partial charge is 0.188 e. The average molecular weight is 245 g/mol. The largest absolute Gasteiger partial charge is 0.409 e. The van der Waals surface area contributed by atoms with Gasteiger partial charge in [-0.05, 0) is 31.5 Å². The lowest BCUT2D eigenvalue weighted by Gasteiger charge is -2.06. The SMILES string of the molecule is Cc1ncn(Cc2ccnc(C(N)=NO)c2)c1C. The number of nitrogens with zero attached hydrogens (tertiary/aromatic N) is 4. The van der Waals surface area contributed by atoms with Gasteiger partial charge in [0.1, 0.15) is 5.69 Å². The Morgan fingerprint density at radius 1 is 1.44 bits per heavy atom. The lowest BCUT2D eigenvalue weighted by molar-refractivity contribution is 0.318. The predicted octanol–water partition coefficient (Wildman–Crippen LogP) is 1.04. The van der Waals surface area contributed by atoms with Gasteiger partial charge in [-0.2, -0.15) is 0 Å². The topological polar surface area (TPSA) is 89.3 Å². The highest BCUT2D eigenvalue weighted by Crippen LogP contribution is 2.09. The van der Waals surface area contributed by atoms with Gasteiger partial charge in [-0.1, -0.05) is 5.16 Å². The van der Waals surface area contributed by atoms with E-state index in [0.29, 0.717) is 12.2 Å². The first kappa shape index (κ1) is 12.1. The molecule has 2 aromatic heterocycles. The van der Waals surface area contributed by atoms with Gasteiger partial charge in [-0.3, -0.25) is 4.98 Å². The number of imidazole rings is 1. The highest BCUT2D eigenvalue weighted by molar-refractivity contribution is 5.95. The van der Waals surface area contributed by atoms with Gasteiger partial charge in [-0.15, -0.1) is 0 Å². The second kappa shape index (κ2) is 4.87. The van der Waals surface area contributed by atoms with Crippen molar-refractivity contribution >= 4 is 5.84 Å². The van der Waals surface area contributed by atoms with E-state index in [1.54, 1.807) is 18.6 Å². The molecule has 0 aromatic carbocycles. The Labute approximate surface area is 105 Å². The molecule has 0 bridgehead atoms. The van der Waals surface area contributed by atoms with Gasteiger partial charge in [-0.25, -0.2) is 4.98 Å². The van der Waals surface area contributed by atoms with Gasteiger partial charge in [0.05, 0.1) is 12.0 Å². The normalized spacial score (nSPS) is 11.8. The maximum absolute atomic E-state index is 8.62. The summed E-state index contributed by atoms with van der Waals surface area (Å²) in [6.07, 6.45) is 3.44. The zero-order chi connectivity index (χ0) is 13.1. The van der Waals surface area contributed by atoms with E-state index in [9.17, 15) is 0 Å². The van der Waals surface area contributed by atoms with E-state index in [0.717, 1.165) is 17.0 Å². The van der Waals surface area contributed by atoms with Gasteiger partial charge in [0.2, 0.25) is 0 Å². The van der Waals surface area contributed by atoms with E-state index < -0.39 is 0 Å². The molecule has 0 fully saturated rings. The van der Waals surface area contributed by atoms with Crippen LogP contribution in [0.1, 0.15) is 22.6 Å². The van der Waals surface area contributed by atoms with Gasteiger partial charge >= 0.3 is 0 Å². The summed E-state index contributed by atoms with van der Waals surface area (Å²) in [4.78, 5) is 8.28. The van der Waals surface area contributed by atoms with Crippen LogP contribution < -0.4 is 5.73 Å². The molecule has 0 unspecified atom stereocenters. The average Bonchev–Trinajstić information content (AvgIpc) is 2.70. The molecule has 0 spiro atoms. The molecule has 2 rings (SSSR count). The summed E-state index contributed by atoms with van der Waals surface area (Å²) >= 11 is 0. The molecule has 0 aliphatic rings. The summed E-state index contributed by atoms with van der Waals surface area (Å²) in [5, 5.41) is 11.6. The van der Waals surface area contributed by atoms with Gasteiger partial charge in [0.15, 0.2) is 5.84 Å². The van der Waals surface area contributed by atoms with Crippen molar-refractivity contribution in [3.63, 3.8) is 0 Å². The number of nitrogens with two attached hydrogens (primary N) is 1. The second-order valence-electron chi connectivity index (χ2n) is 4.08. The van der Waals surface area contributed by atoms with Crippen molar-refractivity contribution in [3.8, 4) is 0 Å². The number of aromatic nitrogens is 3.